The van der Waals surface area contributed by atoms with Gasteiger partial charge in [0.2, 0.25) is 0 Å². The average molecular weight is 294 g/mol. The molecule has 120 valence electrons. The molecule has 1 aliphatic heterocycles. The summed E-state index contributed by atoms with van der Waals surface area (Å²) in [4.78, 5) is 14.5. The third-order valence-corrected chi connectivity index (χ3v) is 5.92. The van der Waals surface area contributed by atoms with Crippen LogP contribution in [-0.2, 0) is 4.79 Å². The number of hydrogen-bond donors (Lipinski definition) is 2. The lowest BCUT2D eigenvalue weighted by Crippen LogP contribution is -2.56. The molecule has 2 aliphatic carbocycles. The maximum Gasteiger partial charge on any atom is 0.324 e. The Morgan fingerprint density at radius 3 is 2.67 bits per heavy atom. The Bertz CT molecular complexity index is 396. The van der Waals surface area contributed by atoms with Crippen molar-refractivity contribution in [2.45, 2.75) is 76.4 Å². The van der Waals surface area contributed by atoms with Gasteiger partial charge in [0.15, 0.2) is 0 Å². The van der Waals surface area contributed by atoms with E-state index in [0.29, 0.717) is 18.0 Å². The number of nitrogens with one attached hydrogen (secondary N) is 1. The van der Waals surface area contributed by atoms with Crippen LogP contribution in [0.4, 0.5) is 0 Å². The van der Waals surface area contributed by atoms with Gasteiger partial charge >= 0.3 is 5.97 Å². The first-order chi connectivity index (χ1) is 10.0. The highest BCUT2D eigenvalue weighted by Gasteiger charge is 2.51. The molecule has 1 heterocycles. The van der Waals surface area contributed by atoms with E-state index in [1.807, 2.05) is 0 Å². The fraction of sp³-hybridized carbons (Fsp3) is 0.941. The van der Waals surface area contributed by atoms with Crippen LogP contribution in [0.25, 0.3) is 0 Å². The van der Waals surface area contributed by atoms with Gasteiger partial charge in [0.25, 0.3) is 0 Å². The van der Waals surface area contributed by atoms with E-state index in [0.717, 1.165) is 51.0 Å². The van der Waals surface area contributed by atoms with E-state index in [2.05, 4.69) is 24.1 Å². The first-order valence-corrected chi connectivity index (χ1v) is 8.76. The van der Waals surface area contributed by atoms with Gasteiger partial charge < -0.3 is 10.0 Å². The van der Waals surface area contributed by atoms with E-state index in [9.17, 15) is 9.90 Å². The Kier molecular flexibility index (Phi) is 4.28. The van der Waals surface area contributed by atoms with Gasteiger partial charge in [-0.15, -0.1) is 0 Å². The van der Waals surface area contributed by atoms with E-state index >= 15 is 0 Å². The topological polar surface area (TPSA) is 52.6 Å². The lowest BCUT2D eigenvalue weighted by molar-refractivity contribution is -0.147. The lowest BCUT2D eigenvalue weighted by atomic mass is 9.84. The molecule has 0 aromatic heterocycles. The van der Waals surface area contributed by atoms with Crippen molar-refractivity contribution in [3.05, 3.63) is 0 Å². The largest absolute Gasteiger partial charge is 0.480 e. The van der Waals surface area contributed by atoms with Gasteiger partial charge in [-0.2, -0.15) is 0 Å². The molecule has 0 aromatic rings. The highest BCUT2D eigenvalue weighted by molar-refractivity contribution is 5.80. The lowest BCUT2D eigenvalue weighted by Gasteiger charge is -2.34. The molecular weight excluding hydrogens is 264 g/mol. The molecule has 0 amide bonds. The van der Waals surface area contributed by atoms with Crippen LogP contribution in [-0.4, -0.2) is 46.7 Å². The maximum atomic E-state index is 11.9. The second-order valence-corrected chi connectivity index (χ2v) is 7.76. The summed E-state index contributed by atoms with van der Waals surface area (Å²) in [7, 11) is 0. The van der Waals surface area contributed by atoms with Crippen LogP contribution in [0.1, 0.15) is 58.8 Å². The molecule has 0 bridgehead atoms. The third kappa shape index (κ3) is 3.11. The quantitative estimate of drug-likeness (QED) is 0.790. The normalized spacial score (nSPS) is 40.8. The molecule has 4 nitrogen and oxygen atoms in total. The molecule has 2 saturated carbocycles. The van der Waals surface area contributed by atoms with Crippen LogP contribution in [0.2, 0.25) is 0 Å². The second-order valence-electron chi connectivity index (χ2n) is 7.76. The summed E-state index contributed by atoms with van der Waals surface area (Å²) in [6, 6.07) is 1.13. The standard InChI is InChI=1S/C17H30N2O2/c1-12-10-13(2)19(11-12)9-7-14-4-3-8-17(14,16(20)21)18-15-5-6-15/h12-15,18H,3-11H2,1-2H3,(H,20,21). The SMILES string of the molecule is CC1CC(C)N(CCC2CCCC2(NC2CC2)C(=O)O)C1. The van der Waals surface area contributed by atoms with Crippen LogP contribution >= 0.6 is 0 Å². The molecule has 4 unspecified atom stereocenters. The summed E-state index contributed by atoms with van der Waals surface area (Å²) < 4.78 is 0. The van der Waals surface area contributed by atoms with Gasteiger partial charge in [0.05, 0.1) is 0 Å². The van der Waals surface area contributed by atoms with Crippen molar-refractivity contribution >= 4 is 5.97 Å². The monoisotopic (exact) mass is 294 g/mol. The summed E-state index contributed by atoms with van der Waals surface area (Å²) in [6.07, 6.45) is 7.57. The van der Waals surface area contributed by atoms with Crippen molar-refractivity contribution in [2.75, 3.05) is 13.1 Å². The Morgan fingerprint density at radius 1 is 1.33 bits per heavy atom. The molecule has 2 N–H and O–H groups in total. The minimum Gasteiger partial charge on any atom is -0.480 e. The number of rotatable bonds is 6. The van der Waals surface area contributed by atoms with Crippen molar-refractivity contribution in [3.63, 3.8) is 0 Å². The van der Waals surface area contributed by atoms with E-state index in [-0.39, 0.29) is 0 Å². The fourth-order valence-electron chi connectivity index (χ4n) is 4.61. The first-order valence-electron chi connectivity index (χ1n) is 8.76. The number of hydrogen-bond acceptors (Lipinski definition) is 3. The molecule has 4 heteroatoms. The van der Waals surface area contributed by atoms with Gasteiger partial charge in [-0.3, -0.25) is 10.1 Å². The molecule has 4 atom stereocenters. The minimum absolute atomic E-state index is 0.304. The zero-order valence-corrected chi connectivity index (χ0v) is 13.5. The van der Waals surface area contributed by atoms with Crippen LogP contribution in [0.5, 0.6) is 0 Å². The Labute approximate surface area is 128 Å². The van der Waals surface area contributed by atoms with Crippen molar-refractivity contribution in [2.24, 2.45) is 11.8 Å². The second kappa shape index (κ2) is 5.88. The number of carbonyl (C=O) groups is 1. The fourth-order valence-corrected chi connectivity index (χ4v) is 4.61. The van der Waals surface area contributed by atoms with Crippen molar-refractivity contribution in [3.8, 4) is 0 Å². The van der Waals surface area contributed by atoms with Crippen LogP contribution in [0.15, 0.2) is 0 Å². The zero-order valence-electron chi connectivity index (χ0n) is 13.5. The molecule has 21 heavy (non-hydrogen) atoms. The zero-order chi connectivity index (χ0) is 15.0. The predicted octanol–water partition coefficient (Wildman–Crippen LogP) is 2.48. The van der Waals surface area contributed by atoms with Gasteiger partial charge in [0.1, 0.15) is 5.54 Å². The number of aliphatic carboxylic acids is 1. The van der Waals surface area contributed by atoms with Gasteiger partial charge in [0, 0.05) is 18.6 Å². The van der Waals surface area contributed by atoms with E-state index in [1.165, 1.54) is 13.0 Å². The molecule has 3 fully saturated rings. The van der Waals surface area contributed by atoms with Crippen LogP contribution in [0.3, 0.4) is 0 Å². The van der Waals surface area contributed by atoms with E-state index in [4.69, 9.17) is 0 Å². The highest BCUT2D eigenvalue weighted by Crippen LogP contribution is 2.41. The minimum atomic E-state index is -0.629. The maximum absolute atomic E-state index is 11.9. The van der Waals surface area contributed by atoms with Gasteiger partial charge in [-0.05, 0) is 63.8 Å². The van der Waals surface area contributed by atoms with Crippen LogP contribution < -0.4 is 5.32 Å². The smallest absolute Gasteiger partial charge is 0.324 e. The summed E-state index contributed by atoms with van der Waals surface area (Å²) in [5.74, 6) is 0.482. The Morgan fingerprint density at radius 2 is 2.10 bits per heavy atom. The van der Waals surface area contributed by atoms with E-state index in [1.54, 1.807) is 0 Å². The Hall–Kier alpha value is -0.610. The number of carboxylic acid groups (broad SMARTS) is 1. The number of carboxylic acids is 1. The number of likely N-dealkylation sites (tertiary alicyclic amines) is 1. The van der Waals surface area contributed by atoms with Crippen molar-refractivity contribution < 1.29 is 9.90 Å². The Balaban J connectivity index is 1.61. The van der Waals surface area contributed by atoms with E-state index < -0.39 is 11.5 Å². The molecule has 1 saturated heterocycles. The highest BCUT2D eigenvalue weighted by atomic mass is 16.4. The van der Waals surface area contributed by atoms with Crippen molar-refractivity contribution in [1.82, 2.24) is 10.2 Å². The summed E-state index contributed by atoms with van der Waals surface area (Å²) in [6.45, 7) is 6.88. The molecule has 0 radical (unpaired) electrons. The molecule has 0 spiro atoms. The van der Waals surface area contributed by atoms with Crippen LogP contribution in [0, 0.1) is 11.8 Å². The first kappa shape index (κ1) is 15.3. The summed E-state index contributed by atoms with van der Waals surface area (Å²) in [5.41, 5.74) is -0.629. The summed E-state index contributed by atoms with van der Waals surface area (Å²) >= 11 is 0. The van der Waals surface area contributed by atoms with Crippen molar-refractivity contribution in [1.29, 1.82) is 0 Å². The number of nitrogens with zero attached hydrogens (tertiary/aromatic N) is 1. The predicted molar refractivity (Wildman–Crippen MR) is 83.3 cm³/mol. The molecular formula is C17H30N2O2. The summed E-state index contributed by atoms with van der Waals surface area (Å²) in [5, 5.41) is 13.3. The molecule has 3 aliphatic rings. The molecule has 0 aromatic carbocycles. The average Bonchev–Trinajstić information content (AvgIpc) is 3.03. The van der Waals surface area contributed by atoms with Gasteiger partial charge in [-0.1, -0.05) is 13.3 Å². The third-order valence-electron chi connectivity index (χ3n) is 5.92. The van der Waals surface area contributed by atoms with Gasteiger partial charge in [-0.25, -0.2) is 0 Å². The molecule has 3 rings (SSSR count).